The lowest BCUT2D eigenvalue weighted by atomic mass is 10.2. The van der Waals surface area contributed by atoms with E-state index in [2.05, 4.69) is 16.4 Å². The van der Waals surface area contributed by atoms with Crippen LogP contribution in [0.15, 0.2) is 42.5 Å². The van der Waals surface area contributed by atoms with Crippen molar-refractivity contribution in [3.63, 3.8) is 0 Å². The number of benzene rings is 1. The van der Waals surface area contributed by atoms with Gasteiger partial charge in [0.1, 0.15) is 11.0 Å². The van der Waals surface area contributed by atoms with Crippen molar-refractivity contribution in [2.75, 3.05) is 5.32 Å². The van der Waals surface area contributed by atoms with Crippen molar-refractivity contribution >= 4 is 39.9 Å². The number of aromatic nitrogens is 2. The molecule has 1 N–H and O–H groups in total. The van der Waals surface area contributed by atoms with Crippen LogP contribution in [0, 0.1) is 0 Å². The Labute approximate surface area is 127 Å². The van der Waals surface area contributed by atoms with Crippen LogP contribution in [0.25, 0.3) is 10.9 Å². The van der Waals surface area contributed by atoms with Gasteiger partial charge in [-0.05, 0) is 24.3 Å². The second-order valence-corrected chi connectivity index (χ2v) is 5.34. The molecule has 2 aromatic heterocycles. The second-order valence-electron chi connectivity index (χ2n) is 4.58. The zero-order chi connectivity index (χ0) is 14.1. The minimum atomic E-state index is 0.551. The van der Waals surface area contributed by atoms with Gasteiger partial charge in [0.2, 0.25) is 0 Å². The molecule has 20 heavy (non-hydrogen) atoms. The first-order valence-electron chi connectivity index (χ1n) is 6.24. The molecule has 0 bridgehead atoms. The summed E-state index contributed by atoms with van der Waals surface area (Å²) in [7, 11) is 1.89. The molecular formula is C15H13Cl2N3. The first-order valence-corrected chi connectivity index (χ1v) is 7.00. The summed E-state index contributed by atoms with van der Waals surface area (Å²) < 4.78 is 1.86. The van der Waals surface area contributed by atoms with Crippen molar-refractivity contribution in [3.05, 3.63) is 58.3 Å². The second kappa shape index (κ2) is 5.35. The van der Waals surface area contributed by atoms with Gasteiger partial charge in [-0.25, -0.2) is 4.98 Å². The minimum Gasteiger partial charge on any atom is -0.364 e. The molecule has 0 aliphatic carbocycles. The number of anilines is 1. The van der Waals surface area contributed by atoms with E-state index < -0.39 is 0 Å². The summed E-state index contributed by atoms with van der Waals surface area (Å²) in [5.74, 6) is 0.831. The fourth-order valence-electron chi connectivity index (χ4n) is 2.10. The van der Waals surface area contributed by atoms with Crippen LogP contribution < -0.4 is 5.32 Å². The van der Waals surface area contributed by atoms with E-state index in [0.717, 1.165) is 22.4 Å². The van der Waals surface area contributed by atoms with Crippen LogP contribution in [0.4, 0.5) is 5.82 Å². The topological polar surface area (TPSA) is 29.9 Å². The molecule has 0 unspecified atom stereocenters. The molecule has 0 saturated heterocycles. The number of para-hydroxylation sites is 1. The molecule has 3 aromatic rings. The van der Waals surface area contributed by atoms with E-state index in [9.17, 15) is 0 Å². The summed E-state index contributed by atoms with van der Waals surface area (Å²) in [6.07, 6.45) is 0. The zero-order valence-corrected chi connectivity index (χ0v) is 12.4. The third kappa shape index (κ3) is 2.47. The quantitative estimate of drug-likeness (QED) is 0.772. The van der Waals surface area contributed by atoms with Gasteiger partial charge >= 0.3 is 0 Å². The van der Waals surface area contributed by atoms with E-state index in [1.807, 2.05) is 48.0 Å². The maximum Gasteiger partial charge on any atom is 0.127 e. The van der Waals surface area contributed by atoms with Crippen molar-refractivity contribution in [2.45, 2.75) is 6.54 Å². The van der Waals surface area contributed by atoms with Crippen molar-refractivity contribution in [1.29, 1.82) is 0 Å². The standard InChI is InChI=1S/C15H13Cl2N3/c1-20-11(8-12(16)15(20)17)9-18-14-7-6-10-4-2-3-5-13(10)19-14/h2-8H,9H2,1H3,(H,18,19). The molecule has 3 nitrogen and oxygen atoms in total. The molecule has 0 atom stereocenters. The Morgan fingerprint density at radius 1 is 1.15 bits per heavy atom. The fourth-order valence-corrected chi connectivity index (χ4v) is 2.52. The van der Waals surface area contributed by atoms with E-state index in [-0.39, 0.29) is 0 Å². The third-order valence-electron chi connectivity index (χ3n) is 3.26. The number of nitrogens with zero attached hydrogens (tertiary/aromatic N) is 2. The van der Waals surface area contributed by atoms with Gasteiger partial charge in [0, 0.05) is 18.1 Å². The fraction of sp³-hybridized carbons (Fsp3) is 0.133. The summed E-state index contributed by atoms with van der Waals surface area (Å²) in [6, 6.07) is 13.9. The molecule has 0 radical (unpaired) electrons. The Hall–Kier alpha value is -1.71. The maximum atomic E-state index is 6.05. The number of nitrogens with one attached hydrogen (secondary N) is 1. The van der Waals surface area contributed by atoms with Crippen LogP contribution in [-0.4, -0.2) is 9.55 Å². The van der Waals surface area contributed by atoms with E-state index in [1.54, 1.807) is 0 Å². The van der Waals surface area contributed by atoms with Crippen molar-refractivity contribution in [1.82, 2.24) is 9.55 Å². The summed E-state index contributed by atoms with van der Waals surface area (Å²) in [6.45, 7) is 0.619. The number of rotatable bonds is 3. The van der Waals surface area contributed by atoms with Gasteiger partial charge < -0.3 is 9.88 Å². The molecule has 3 rings (SSSR count). The highest BCUT2D eigenvalue weighted by molar-refractivity contribution is 6.41. The van der Waals surface area contributed by atoms with Gasteiger partial charge in [0.05, 0.1) is 17.1 Å². The Morgan fingerprint density at radius 3 is 2.70 bits per heavy atom. The number of hydrogen-bond acceptors (Lipinski definition) is 2. The predicted octanol–water partition coefficient (Wildman–Crippen LogP) is 4.49. The van der Waals surface area contributed by atoms with Gasteiger partial charge in [-0.2, -0.15) is 0 Å². The van der Waals surface area contributed by atoms with Gasteiger partial charge in [-0.3, -0.25) is 0 Å². The summed E-state index contributed by atoms with van der Waals surface area (Å²) in [5.41, 5.74) is 1.98. The van der Waals surface area contributed by atoms with Crippen LogP contribution in [-0.2, 0) is 13.6 Å². The number of pyridine rings is 1. The average Bonchev–Trinajstić information content (AvgIpc) is 2.72. The lowest BCUT2D eigenvalue weighted by Crippen LogP contribution is -2.05. The molecule has 0 saturated carbocycles. The largest absolute Gasteiger partial charge is 0.364 e. The van der Waals surface area contributed by atoms with E-state index in [4.69, 9.17) is 23.2 Å². The highest BCUT2D eigenvalue weighted by atomic mass is 35.5. The summed E-state index contributed by atoms with van der Waals surface area (Å²) >= 11 is 12.0. The van der Waals surface area contributed by atoms with Crippen LogP contribution >= 0.6 is 23.2 Å². The van der Waals surface area contributed by atoms with E-state index in [0.29, 0.717) is 16.7 Å². The van der Waals surface area contributed by atoms with Gasteiger partial charge in [-0.15, -0.1) is 0 Å². The Kier molecular flexibility index (Phi) is 3.55. The molecule has 5 heteroatoms. The summed E-state index contributed by atoms with van der Waals surface area (Å²) in [5, 5.41) is 5.53. The van der Waals surface area contributed by atoms with Crippen LogP contribution in [0.2, 0.25) is 10.2 Å². The molecule has 0 fully saturated rings. The molecule has 0 aliphatic rings. The van der Waals surface area contributed by atoms with Crippen LogP contribution in [0.3, 0.4) is 0 Å². The summed E-state index contributed by atoms with van der Waals surface area (Å²) in [4.78, 5) is 4.56. The lowest BCUT2D eigenvalue weighted by Gasteiger charge is -2.08. The van der Waals surface area contributed by atoms with E-state index >= 15 is 0 Å². The van der Waals surface area contributed by atoms with Crippen LogP contribution in [0.1, 0.15) is 5.69 Å². The number of fused-ring (bicyclic) bond motifs is 1. The molecular weight excluding hydrogens is 293 g/mol. The maximum absolute atomic E-state index is 6.05. The van der Waals surface area contributed by atoms with Gasteiger partial charge in [-0.1, -0.05) is 41.4 Å². The highest BCUT2D eigenvalue weighted by Crippen LogP contribution is 2.25. The Balaban J connectivity index is 1.81. The third-order valence-corrected chi connectivity index (χ3v) is 4.11. The zero-order valence-electron chi connectivity index (χ0n) is 10.9. The molecule has 0 amide bonds. The highest BCUT2D eigenvalue weighted by Gasteiger charge is 2.08. The first kappa shape index (κ1) is 13.3. The Morgan fingerprint density at radius 2 is 1.95 bits per heavy atom. The van der Waals surface area contributed by atoms with Gasteiger partial charge in [0.25, 0.3) is 0 Å². The SMILES string of the molecule is Cn1c(CNc2ccc3ccccc3n2)cc(Cl)c1Cl. The molecule has 0 spiro atoms. The molecule has 1 aromatic carbocycles. The van der Waals surface area contributed by atoms with Crippen molar-refractivity contribution < 1.29 is 0 Å². The molecule has 0 aliphatic heterocycles. The van der Waals surface area contributed by atoms with Crippen molar-refractivity contribution in [3.8, 4) is 0 Å². The first-order chi connectivity index (χ1) is 9.65. The average molecular weight is 306 g/mol. The number of hydrogen-bond donors (Lipinski definition) is 1. The smallest absolute Gasteiger partial charge is 0.127 e. The normalized spacial score (nSPS) is 10.9. The van der Waals surface area contributed by atoms with Crippen molar-refractivity contribution in [2.24, 2.45) is 7.05 Å². The van der Waals surface area contributed by atoms with E-state index in [1.165, 1.54) is 0 Å². The number of halogens is 2. The van der Waals surface area contributed by atoms with Crippen LogP contribution in [0.5, 0.6) is 0 Å². The minimum absolute atomic E-state index is 0.551. The Bertz CT molecular complexity index is 765. The molecule has 102 valence electrons. The predicted molar refractivity (Wildman–Crippen MR) is 84.5 cm³/mol. The van der Waals surface area contributed by atoms with Gasteiger partial charge in [0.15, 0.2) is 0 Å². The monoisotopic (exact) mass is 305 g/mol. The lowest BCUT2D eigenvalue weighted by molar-refractivity contribution is 0.841. The molecule has 2 heterocycles.